The normalized spacial score (nSPS) is 17.1. The Bertz CT molecular complexity index is 1970. The molecule has 8 rings (SSSR count). The summed E-state index contributed by atoms with van der Waals surface area (Å²) in [4.78, 5) is 41.5. The first-order valence-electron chi connectivity index (χ1n) is 17.8. The number of benzene rings is 2. The van der Waals surface area contributed by atoms with Crippen LogP contribution < -0.4 is 9.47 Å². The lowest BCUT2D eigenvalue weighted by molar-refractivity contribution is -0.138. The molecule has 0 N–H and O–H groups in total. The van der Waals surface area contributed by atoms with Crippen molar-refractivity contribution in [3.8, 4) is 32.6 Å². The molecule has 6 aromatic rings. The minimum absolute atomic E-state index is 0.0270. The number of carbonyl (C=O) groups excluding carboxylic acids is 2. The summed E-state index contributed by atoms with van der Waals surface area (Å²) in [7, 11) is 0. The topological polar surface area (TPSA) is 84.9 Å². The first kappa shape index (κ1) is 38.9. The summed E-state index contributed by atoms with van der Waals surface area (Å²) in [5, 5.41) is 6.21. The summed E-state index contributed by atoms with van der Waals surface area (Å²) in [5.74, 6) is 1.50. The molecule has 4 aromatic heterocycles. The average Bonchev–Trinajstić information content (AvgIpc) is 4.05. The first-order valence-corrected chi connectivity index (χ1v) is 22.8. The van der Waals surface area contributed by atoms with Gasteiger partial charge in [0.05, 0.1) is 40.8 Å². The van der Waals surface area contributed by atoms with Crippen molar-refractivity contribution in [2.75, 3.05) is 26.3 Å². The number of hydrogen-bond acceptors (Lipinski definition) is 10. The number of carbonyl (C=O) groups is 2. The van der Waals surface area contributed by atoms with E-state index in [1.807, 2.05) is 82.6 Å². The number of rotatable bonds is 10. The second kappa shape index (κ2) is 19.0. The number of nitrogens with zero attached hydrogens (tertiary/aromatic N) is 4. The van der Waals surface area contributed by atoms with Crippen LogP contribution in [0, 0.1) is 0 Å². The molecule has 14 heteroatoms. The average molecular weight is 927 g/mol. The summed E-state index contributed by atoms with van der Waals surface area (Å²) in [6.45, 7) is 1.66. The molecule has 2 amide bonds. The highest BCUT2D eigenvalue weighted by Gasteiger charge is 2.32. The molecule has 2 aliphatic heterocycles. The zero-order valence-corrected chi connectivity index (χ0v) is 35.7. The van der Waals surface area contributed by atoms with Crippen molar-refractivity contribution in [3.05, 3.63) is 113 Å². The van der Waals surface area contributed by atoms with Gasteiger partial charge in [-0.15, -0.1) is 45.3 Å². The van der Waals surface area contributed by atoms with Gasteiger partial charge in [-0.2, -0.15) is 0 Å². The molecule has 2 aliphatic rings. The van der Waals surface area contributed by atoms with E-state index in [0.717, 1.165) is 102 Å². The number of halogens is 2. The minimum Gasteiger partial charge on any atom is -0.484 e. The predicted octanol–water partition coefficient (Wildman–Crippen LogP) is 11.5. The number of aromatic nitrogens is 2. The van der Waals surface area contributed by atoms with Gasteiger partial charge in [-0.1, -0.05) is 36.4 Å². The van der Waals surface area contributed by atoms with Crippen molar-refractivity contribution in [2.24, 2.45) is 0 Å². The summed E-state index contributed by atoms with van der Waals surface area (Å²) in [5.41, 5.74) is 1.98. The van der Waals surface area contributed by atoms with Gasteiger partial charge in [-0.05, 0) is 119 Å². The van der Waals surface area contributed by atoms with Gasteiger partial charge in [0.25, 0.3) is 11.8 Å². The molecule has 280 valence electrons. The Morgan fingerprint density at radius 2 is 1.04 bits per heavy atom. The summed E-state index contributed by atoms with van der Waals surface area (Å²) in [6, 6.07) is 27.3. The number of likely N-dealkylation sites (tertiary alicyclic amines) is 2. The first-order chi connectivity index (χ1) is 26.4. The molecule has 54 heavy (non-hydrogen) atoms. The van der Waals surface area contributed by atoms with Gasteiger partial charge >= 0.3 is 0 Å². The van der Waals surface area contributed by atoms with E-state index >= 15 is 0 Å². The third-order valence-electron chi connectivity index (χ3n) is 9.12. The summed E-state index contributed by atoms with van der Waals surface area (Å²) < 4.78 is 13.5. The Hall–Kier alpha value is -3.40. The zero-order valence-electron chi connectivity index (χ0n) is 29.3. The van der Waals surface area contributed by atoms with Crippen LogP contribution >= 0.6 is 77.2 Å². The van der Waals surface area contributed by atoms with Crippen LogP contribution in [0.1, 0.15) is 60.6 Å². The standard InChI is InChI=1S/2C20H19BrN2O2S2/c2*21-18-10-9-17(27-18)15-13-26-20(22-15)16-8-4-5-11-23(16)19(24)12-25-14-6-2-1-3-7-14/h2*1-3,6-7,9-10,13,16H,4-5,8,11-12H2/t2*16-/m11/s1. The number of thiophene rings is 2. The molecular formula is C40H38Br2N4O4S4. The Labute approximate surface area is 348 Å². The van der Waals surface area contributed by atoms with E-state index in [2.05, 4.69) is 54.8 Å². The van der Waals surface area contributed by atoms with E-state index in [4.69, 9.17) is 19.4 Å². The third kappa shape index (κ3) is 10.1. The Morgan fingerprint density at radius 3 is 1.43 bits per heavy atom. The van der Waals surface area contributed by atoms with Crippen LogP contribution in [0.25, 0.3) is 21.1 Å². The quantitative estimate of drug-likeness (QED) is 0.136. The van der Waals surface area contributed by atoms with E-state index in [0.29, 0.717) is 0 Å². The lowest BCUT2D eigenvalue weighted by Gasteiger charge is -2.34. The van der Waals surface area contributed by atoms with Crippen LogP contribution in [0.15, 0.2) is 103 Å². The van der Waals surface area contributed by atoms with Crippen LogP contribution in [0.3, 0.4) is 0 Å². The molecule has 6 heterocycles. The second-order valence-corrected chi connectivity index (χ2v) is 19.5. The molecule has 0 spiro atoms. The maximum atomic E-state index is 12.8. The van der Waals surface area contributed by atoms with Crippen LogP contribution in [0.2, 0.25) is 0 Å². The molecule has 0 radical (unpaired) electrons. The van der Waals surface area contributed by atoms with Crippen molar-refractivity contribution in [2.45, 2.75) is 50.6 Å². The maximum Gasteiger partial charge on any atom is 0.261 e. The molecule has 2 aromatic carbocycles. The second-order valence-electron chi connectivity index (χ2n) is 12.8. The van der Waals surface area contributed by atoms with Crippen molar-refractivity contribution in [3.63, 3.8) is 0 Å². The van der Waals surface area contributed by atoms with Crippen LogP contribution in [-0.2, 0) is 9.59 Å². The Balaban J connectivity index is 0.000000167. The van der Waals surface area contributed by atoms with Crippen molar-refractivity contribution in [1.29, 1.82) is 0 Å². The number of piperidine rings is 2. The molecule has 0 bridgehead atoms. The van der Waals surface area contributed by atoms with E-state index in [1.54, 1.807) is 45.3 Å². The highest BCUT2D eigenvalue weighted by atomic mass is 79.9. The summed E-state index contributed by atoms with van der Waals surface area (Å²) >= 11 is 13.6. The molecule has 2 saturated heterocycles. The molecule has 2 atom stereocenters. The zero-order chi connectivity index (χ0) is 37.3. The van der Waals surface area contributed by atoms with Crippen molar-refractivity contribution < 1.29 is 19.1 Å². The van der Waals surface area contributed by atoms with Crippen LogP contribution in [0.5, 0.6) is 11.5 Å². The van der Waals surface area contributed by atoms with E-state index in [1.165, 1.54) is 0 Å². The SMILES string of the molecule is O=C(COc1ccccc1)N1CCCC[C@@H]1c1nc(-c2ccc(Br)s2)cs1.O=C(COc1ccccc1)N1CCCC[C@@H]1c1nc(-c2ccc(Br)s2)cs1. The fourth-order valence-electron chi connectivity index (χ4n) is 6.47. The number of ether oxygens (including phenoxy) is 2. The molecule has 0 unspecified atom stereocenters. The monoisotopic (exact) mass is 924 g/mol. The van der Waals surface area contributed by atoms with Gasteiger partial charge in [0.15, 0.2) is 13.2 Å². The van der Waals surface area contributed by atoms with Gasteiger partial charge in [0, 0.05) is 23.8 Å². The largest absolute Gasteiger partial charge is 0.484 e. The van der Waals surface area contributed by atoms with Crippen molar-refractivity contribution in [1.82, 2.24) is 19.8 Å². The van der Waals surface area contributed by atoms with Gasteiger partial charge < -0.3 is 19.3 Å². The molecule has 8 nitrogen and oxygen atoms in total. The predicted molar refractivity (Wildman–Crippen MR) is 227 cm³/mol. The highest BCUT2D eigenvalue weighted by molar-refractivity contribution is 9.11. The van der Waals surface area contributed by atoms with Crippen molar-refractivity contribution >= 4 is 89.0 Å². The number of amides is 2. The number of para-hydroxylation sites is 2. The Kier molecular flexibility index (Phi) is 13.6. The maximum absolute atomic E-state index is 12.8. The number of thiazole rings is 2. The molecule has 2 fully saturated rings. The number of hydrogen-bond donors (Lipinski definition) is 0. The van der Waals surface area contributed by atoms with Crippen LogP contribution in [-0.4, -0.2) is 57.9 Å². The van der Waals surface area contributed by atoms with E-state index in [9.17, 15) is 9.59 Å². The lowest BCUT2D eigenvalue weighted by Crippen LogP contribution is -2.41. The van der Waals surface area contributed by atoms with E-state index in [-0.39, 0.29) is 37.1 Å². The molecule has 0 aliphatic carbocycles. The third-order valence-corrected chi connectivity index (χ3v) is 14.3. The smallest absolute Gasteiger partial charge is 0.261 e. The molecular weight excluding hydrogens is 889 g/mol. The molecule has 0 saturated carbocycles. The van der Waals surface area contributed by atoms with Gasteiger partial charge in [0.1, 0.15) is 21.5 Å². The lowest BCUT2D eigenvalue weighted by atomic mass is 10.0. The van der Waals surface area contributed by atoms with Gasteiger partial charge in [-0.3, -0.25) is 9.59 Å². The van der Waals surface area contributed by atoms with E-state index < -0.39 is 0 Å². The Morgan fingerprint density at radius 1 is 0.611 bits per heavy atom. The fraction of sp³-hybridized carbons (Fsp3) is 0.300. The highest BCUT2D eigenvalue weighted by Crippen LogP contribution is 2.39. The summed E-state index contributed by atoms with van der Waals surface area (Å²) in [6.07, 6.45) is 6.21. The van der Waals surface area contributed by atoms with Crippen LogP contribution in [0.4, 0.5) is 0 Å². The van der Waals surface area contributed by atoms with Gasteiger partial charge in [-0.25, -0.2) is 9.97 Å². The fourth-order valence-corrected chi connectivity index (χ4v) is 11.2. The minimum atomic E-state index is 0.0270. The van der Waals surface area contributed by atoms with Gasteiger partial charge in [0.2, 0.25) is 0 Å².